The fourth-order valence-electron chi connectivity index (χ4n) is 2.42. The Kier molecular flexibility index (Phi) is 18.5. The number of hydrogen-bond donors (Lipinski definition) is 1. The second-order valence-corrected chi connectivity index (χ2v) is 7.27. The van der Waals surface area contributed by atoms with Gasteiger partial charge >= 0.3 is 0 Å². The maximum atomic E-state index is 12.0. The lowest BCUT2D eigenvalue weighted by Crippen LogP contribution is -2.29. The SMILES string of the molecule is CSc1cccc(CC(=O)NCCOCCOCCOCCOCCOCCN=[N+]=[N-])c1. The Morgan fingerprint density at radius 2 is 1.50 bits per heavy atom. The molecule has 0 bridgehead atoms. The van der Waals surface area contributed by atoms with Gasteiger partial charge in [-0.2, -0.15) is 0 Å². The lowest BCUT2D eigenvalue weighted by Gasteiger charge is -2.08. The first-order valence-electron chi connectivity index (χ1n) is 10.6. The third-order valence-corrected chi connectivity index (χ3v) is 4.68. The second kappa shape index (κ2) is 21.0. The van der Waals surface area contributed by atoms with Gasteiger partial charge in [-0.15, -0.1) is 11.8 Å². The molecule has 1 aromatic rings. The fraction of sp³-hybridized carbons (Fsp3) is 0.667. The van der Waals surface area contributed by atoms with Crippen LogP contribution in [-0.2, 0) is 34.9 Å². The number of azide groups is 1. The number of benzene rings is 1. The van der Waals surface area contributed by atoms with Crippen LogP contribution in [0.15, 0.2) is 34.3 Å². The summed E-state index contributed by atoms with van der Waals surface area (Å²) < 4.78 is 26.8. The number of carbonyl (C=O) groups is 1. The minimum Gasteiger partial charge on any atom is -0.379 e. The van der Waals surface area contributed by atoms with Crippen molar-refractivity contribution >= 4 is 17.7 Å². The molecule has 0 aliphatic carbocycles. The molecule has 0 unspecified atom stereocenters. The van der Waals surface area contributed by atoms with Crippen LogP contribution < -0.4 is 5.32 Å². The number of carbonyl (C=O) groups excluding carboxylic acids is 1. The summed E-state index contributed by atoms with van der Waals surface area (Å²) in [6.07, 6.45) is 2.39. The average Bonchev–Trinajstić information content (AvgIpc) is 2.80. The van der Waals surface area contributed by atoms with E-state index in [0.29, 0.717) is 85.6 Å². The smallest absolute Gasteiger partial charge is 0.224 e. The Balaban J connectivity index is 1.79. The van der Waals surface area contributed by atoms with Gasteiger partial charge in [-0.25, -0.2) is 0 Å². The van der Waals surface area contributed by atoms with E-state index in [-0.39, 0.29) is 5.91 Å². The van der Waals surface area contributed by atoms with Gasteiger partial charge in [0.15, 0.2) is 0 Å². The van der Waals surface area contributed by atoms with Gasteiger partial charge in [-0.3, -0.25) is 4.79 Å². The van der Waals surface area contributed by atoms with E-state index in [4.69, 9.17) is 29.2 Å². The minimum atomic E-state index is -0.0120. The van der Waals surface area contributed by atoms with Crippen LogP contribution in [0.3, 0.4) is 0 Å². The highest BCUT2D eigenvalue weighted by Gasteiger charge is 2.03. The zero-order chi connectivity index (χ0) is 23.1. The quantitative estimate of drug-likeness (QED) is 0.0962. The molecular formula is C21H34N4O6S. The molecule has 0 spiro atoms. The number of amides is 1. The molecule has 0 fully saturated rings. The zero-order valence-electron chi connectivity index (χ0n) is 18.7. The molecule has 0 heterocycles. The third-order valence-electron chi connectivity index (χ3n) is 3.95. The van der Waals surface area contributed by atoms with Crippen LogP contribution in [0.25, 0.3) is 10.4 Å². The summed E-state index contributed by atoms with van der Waals surface area (Å²) >= 11 is 1.66. The number of nitrogens with zero attached hydrogens (tertiary/aromatic N) is 3. The Hall–Kier alpha value is -1.85. The number of nitrogens with one attached hydrogen (secondary N) is 1. The van der Waals surface area contributed by atoms with Crippen LogP contribution >= 0.6 is 11.8 Å². The molecule has 0 aromatic heterocycles. The molecule has 0 saturated carbocycles. The normalized spacial score (nSPS) is 10.7. The highest BCUT2D eigenvalue weighted by atomic mass is 32.2. The van der Waals surface area contributed by atoms with E-state index >= 15 is 0 Å². The summed E-state index contributed by atoms with van der Waals surface area (Å²) in [7, 11) is 0. The first-order chi connectivity index (χ1) is 15.8. The highest BCUT2D eigenvalue weighted by molar-refractivity contribution is 7.98. The standard InChI is InChI=1S/C21H34N4O6S/c1-32-20-4-2-3-19(17-20)18-21(26)23-5-7-27-9-11-29-13-15-31-16-14-30-12-10-28-8-6-24-25-22/h2-4,17H,5-16,18H2,1H3,(H,23,26). The summed E-state index contributed by atoms with van der Waals surface area (Å²) in [5, 5.41) is 6.22. The van der Waals surface area contributed by atoms with Crippen molar-refractivity contribution in [1.82, 2.24) is 5.32 Å². The van der Waals surface area contributed by atoms with Gasteiger partial charge < -0.3 is 29.0 Å². The van der Waals surface area contributed by atoms with E-state index in [9.17, 15) is 4.79 Å². The summed E-state index contributed by atoms with van der Waals surface area (Å²) in [6, 6.07) is 7.98. The van der Waals surface area contributed by atoms with Crippen molar-refractivity contribution < 1.29 is 28.5 Å². The van der Waals surface area contributed by atoms with Crippen molar-refractivity contribution in [2.75, 3.05) is 85.4 Å². The average molecular weight is 471 g/mol. The lowest BCUT2D eigenvalue weighted by atomic mass is 10.1. The molecule has 11 heteroatoms. The fourth-order valence-corrected chi connectivity index (χ4v) is 2.91. The van der Waals surface area contributed by atoms with E-state index in [1.165, 1.54) is 0 Å². The van der Waals surface area contributed by atoms with Gasteiger partial charge in [0.2, 0.25) is 5.91 Å². The van der Waals surface area contributed by atoms with Crippen molar-refractivity contribution in [3.8, 4) is 0 Å². The molecule has 0 saturated heterocycles. The van der Waals surface area contributed by atoms with Crippen molar-refractivity contribution in [2.24, 2.45) is 5.11 Å². The van der Waals surface area contributed by atoms with Crippen molar-refractivity contribution in [1.29, 1.82) is 0 Å². The van der Waals surface area contributed by atoms with Crippen LogP contribution in [0.5, 0.6) is 0 Å². The van der Waals surface area contributed by atoms with E-state index < -0.39 is 0 Å². The van der Waals surface area contributed by atoms with Crippen LogP contribution in [0.2, 0.25) is 0 Å². The maximum Gasteiger partial charge on any atom is 0.224 e. The molecule has 1 rings (SSSR count). The molecule has 32 heavy (non-hydrogen) atoms. The van der Waals surface area contributed by atoms with E-state index in [1.54, 1.807) is 11.8 Å². The van der Waals surface area contributed by atoms with E-state index in [2.05, 4.69) is 15.3 Å². The van der Waals surface area contributed by atoms with Crippen LogP contribution in [0.4, 0.5) is 0 Å². The van der Waals surface area contributed by atoms with Gasteiger partial charge in [-0.1, -0.05) is 17.2 Å². The Bertz CT molecular complexity index is 661. The maximum absolute atomic E-state index is 12.0. The van der Waals surface area contributed by atoms with E-state index in [1.807, 2.05) is 30.5 Å². The Morgan fingerprint density at radius 1 is 0.938 bits per heavy atom. The number of rotatable bonds is 21. The first-order valence-corrected chi connectivity index (χ1v) is 11.8. The van der Waals surface area contributed by atoms with Gasteiger partial charge in [0.1, 0.15) is 0 Å². The minimum absolute atomic E-state index is 0.0120. The molecule has 180 valence electrons. The predicted octanol–water partition coefficient (Wildman–Crippen LogP) is 2.46. The third kappa shape index (κ3) is 16.8. The number of ether oxygens (including phenoxy) is 5. The monoisotopic (exact) mass is 470 g/mol. The molecule has 1 amide bonds. The van der Waals surface area contributed by atoms with Gasteiger partial charge in [0.25, 0.3) is 0 Å². The topological polar surface area (TPSA) is 124 Å². The van der Waals surface area contributed by atoms with Gasteiger partial charge in [0.05, 0.1) is 72.5 Å². The highest BCUT2D eigenvalue weighted by Crippen LogP contribution is 2.15. The number of thioether (sulfide) groups is 1. The molecule has 0 aliphatic rings. The summed E-state index contributed by atoms with van der Waals surface area (Å²) in [6.45, 7) is 5.46. The largest absolute Gasteiger partial charge is 0.379 e. The summed E-state index contributed by atoms with van der Waals surface area (Å²) in [5.74, 6) is -0.0120. The van der Waals surface area contributed by atoms with Crippen LogP contribution in [-0.4, -0.2) is 91.3 Å². The van der Waals surface area contributed by atoms with Crippen LogP contribution in [0.1, 0.15) is 5.56 Å². The van der Waals surface area contributed by atoms with Gasteiger partial charge in [0, 0.05) is 22.9 Å². The summed E-state index contributed by atoms with van der Waals surface area (Å²) in [5.41, 5.74) is 9.11. The molecule has 1 N–H and O–H groups in total. The lowest BCUT2D eigenvalue weighted by molar-refractivity contribution is -0.120. The predicted molar refractivity (Wildman–Crippen MR) is 123 cm³/mol. The Labute approximate surface area is 193 Å². The van der Waals surface area contributed by atoms with Crippen molar-refractivity contribution in [3.05, 3.63) is 40.3 Å². The molecule has 0 atom stereocenters. The van der Waals surface area contributed by atoms with Gasteiger partial charge in [-0.05, 0) is 29.5 Å². The zero-order valence-corrected chi connectivity index (χ0v) is 19.5. The molecule has 0 aliphatic heterocycles. The first kappa shape index (κ1) is 28.2. The Morgan fingerprint density at radius 3 is 2.06 bits per heavy atom. The van der Waals surface area contributed by atoms with Crippen molar-refractivity contribution in [2.45, 2.75) is 11.3 Å². The molecule has 10 nitrogen and oxygen atoms in total. The second-order valence-electron chi connectivity index (χ2n) is 6.39. The summed E-state index contributed by atoms with van der Waals surface area (Å²) in [4.78, 5) is 15.7. The molecular weight excluding hydrogens is 436 g/mol. The number of hydrogen-bond acceptors (Lipinski definition) is 8. The molecule has 0 radical (unpaired) electrons. The molecule has 1 aromatic carbocycles. The van der Waals surface area contributed by atoms with Crippen molar-refractivity contribution in [3.63, 3.8) is 0 Å². The van der Waals surface area contributed by atoms with E-state index in [0.717, 1.165) is 10.5 Å². The van der Waals surface area contributed by atoms with Crippen LogP contribution in [0, 0.1) is 0 Å².